The number of fused-ring (bicyclic) bond motifs is 1. The maximum absolute atomic E-state index is 5.59. The van der Waals surface area contributed by atoms with Crippen molar-refractivity contribution in [1.82, 2.24) is 4.90 Å². The highest BCUT2D eigenvalue weighted by atomic mass is 16.5. The minimum absolute atomic E-state index is 0.446. The molecule has 0 fully saturated rings. The number of rotatable bonds is 2. The molecule has 1 aromatic carbocycles. The molecular formula is C11H15NO. The predicted octanol–water partition coefficient (Wildman–Crippen LogP) is 2.07. The standard InChI is InChI=1S/C11H15NO/c1-3-12(2)10-8-13-11-7-5-4-6-9(10)11/h4-7,10H,3,8H2,1-2H3. The zero-order valence-electron chi connectivity index (χ0n) is 8.16. The first-order valence-corrected chi connectivity index (χ1v) is 4.75. The van der Waals surface area contributed by atoms with E-state index in [1.807, 2.05) is 12.1 Å². The molecule has 0 N–H and O–H groups in total. The average Bonchev–Trinajstić information content (AvgIpc) is 2.60. The van der Waals surface area contributed by atoms with Gasteiger partial charge in [0.2, 0.25) is 0 Å². The van der Waals surface area contributed by atoms with E-state index in [1.165, 1.54) is 5.56 Å². The van der Waals surface area contributed by atoms with Crippen LogP contribution in [0, 0.1) is 0 Å². The quantitative estimate of drug-likeness (QED) is 0.685. The van der Waals surface area contributed by atoms with Crippen LogP contribution in [-0.2, 0) is 0 Å². The Labute approximate surface area is 79.1 Å². The van der Waals surface area contributed by atoms with Gasteiger partial charge >= 0.3 is 0 Å². The maximum atomic E-state index is 5.59. The van der Waals surface area contributed by atoms with Crippen molar-refractivity contribution in [1.29, 1.82) is 0 Å². The first-order chi connectivity index (χ1) is 6.33. The Balaban J connectivity index is 2.28. The molecule has 70 valence electrons. The summed E-state index contributed by atoms with van der Waals surface area (Å²) in [4.78, 5) is 2.31. The van der Waals surface area contributed by atoms with Crippen molar-refractivity contribution in [2.24, 2.45) is 0 Å². The molecule has 1 heterocycles. The highest BCUT2D eigenvalue weighted by molar-refractivity contribution is 5.39. The highest BCUT2D eigenvalue weighted by Crippen LogP contribution is 2.34. The zero-order chi connectivity index (χ0) is 9.26. The summed E-state index contributed by atoms with van der Waals surface area (Å²) in [5.41, 5.74) is 1.33. The minimum atomic E-state index is 0.446. The second-order valence-corrected chi connectivity index (χ2v) is 3.44. The van der Waals surface area contributed by atoms with E-state index in [2.05, 4.69) is 31.0 Å². The van der Waals surface area contributed by atoms with E-state index < -0.39 is 0 Å². The van der Waals surface area contributed by atoms with Crippen LogP contribution in [0.3, 0.4) is 0 Å². The van der Waals surface area contributed by atoms with Gasteiger partial charge in [-0.25, -0.2) is 0 Å². The summed E-state index contributed by atoms with van der Waals surface area (Å²) in [7, 11) is 2.14. The van der Waals surface area contributed by atoms with Crippen molar-refractivity contribution in [2.45, 2.75) is 13.0 Å². The third-order valence-corrected chi connectivity index (χ3v) is 2.71. The van der Waals surface area contributed by atoms with E-state index >= 15 is 0 Å². The largest absolute Gasteiger partial charge is 0.491 e. The third kappa shape index (κ3) is 1.42. The molecule has 2 nitrogen and oxygen atoms in total. The molecular weight excluding hydrogens is 162 g/mol. The van der Waals surface area contributed by atoms with Crippen molar-refractivity contribution in [3.05, 3.63) is 29.8 Å². The summed E-state index contributed by atoms with van der Waals surface area (Å²) < 4.78 is 5.59. The predicted molar refractivity (Wildman–Crippen MR) is 53.0 cm³/mol. The van der Waals surface area contributed by atoms with Crippen LogP contribution in [0.4, 0.5) is 0 Å². The molecule has 13 heavy (non-hydrogen) atoms. The molecule has 0 spiro atoms. The van der Waals surface area contributed by atoms with E-state index in [0.717, 1.165) is 18.9 Å². The van der Waals surface area contributed by atoms with Gasteiger partial charge in [0.25, 0.3) is 0 Å². The SMILES string of the molecule is CCN(C)C1COc2ccccc21. The second-order valence-electron chi connectivity index (χ2n) is 3.44. The van der Waals surface area contributed by atoms with Gasteiger partial charge in [-0.2, -0.15) is 0 Å². The minimum Gasteiger partial charge on any atom is -0.491 e. The Morgan fingerprint density at radius 1 is 1.46 bits per heavy atom. The lowest BCUT2D eigenvalue weighted by atomic mass is 10.1. The molecule has 0 saturated heterocycles. The van der Waals surface area contributed by atoms with Gasteiger partial charge in [-0.3, -0.25) is 4.90 Å². The fraction of sp³-hybridized carbons (Fsp3) is 0.455. The molecule has 1 aliphatic rings. The monoisotopic (exact) mass is 177 g/mol. The highest BCUT2D eigenvalue weighted by Gasteiger charge is 2.25. The maximum Gasteiger partial charge on any atom is 0.124 e. The number of benzene rings is 1. The van der Waals surface area contributed by atoms with Crippen LogP contribution in [0.1, 0.15) is 18.5 Å². The first kappa shape index (κ1) is 8.57. The van der Waals surface area contributed by atoms with Gasteiger partial charge in [0, 0.05) is 5.56 Å². The summed E-state index contributed by atoms with van der Waals surface area (Å²) in [5, 5.41) is 0. The molecule has 0 saturated carbocycles. The number of para-hydroxylation sites is 1. The van der Waals surface area contributed by atoms with Gasteiger partial charge in [-0.15, -0.1) is 0 Å². The number of nitrogens with zero attached hydrogens (tertiary/aromatic N) is 1. The van der Waals surface area contributed by atoms with Crippen molar-refractivity contribution >= 4 is 0 Å². The Kier molecular flexibility index (Phi) is 2.23. The lowest BCUT2D eigenvalue weighted by Crippen LogP contribution is -2.25. The molecule has 0 aliphatic carbocycles. The van der Waals surface area contributed by atoms with E-state index in [1.54, 1.807) is 0 Å². The molecule has 0 amide bonds. The topological polar surface area (TPSA) is 12.5 Å². The van der Waals surface area contributed by atoms with Gasteiger partial charge in [0.15, 0.2) is 0 Å². The van der Waals surface area contributed by atoms with Crippen LogP contribution in [-0.4, -0.2) is 25.1 Å². The molecule has 0 aromatic heterocycles. The lowest BCUT2D eigenvalue weighted by molar-refractivity contribution is 0.203. The number of ether oxygens (including phenoxy) is 1. The van der Waals surface area contributed by atoms with Crippen LogP contribution in [0.5, 0.6) is 5.75 Å². The Morgan fingerprint density at radius 2 is 2.23 bits per heavy atom. The van der Waals surface area contributed by atoms with Crippen LogP contribution in [0.15, 0.2) is 24.3 Å². The molecule has 2 rings (SSSR count). The normalized spacial score (nSPS) is 20.1. The zero-order valence-corrected chi connectivity index (χ0v) is 8.16. The van der Waals surface area contributed by atoms with E-state index in [-0.39, 0.29) is 0 Å². The fourth-order valence-corrected chi connectivity index (χ4v) is 1.73. The average molecular weight is 177 g/mol. The van der Waals surface area contributed by atoms with E-state index in [4.69, 9.17) is 4.74 Å². The number of hydrogen-bond donors (Lipinski definition) is 0. The summed E-state index contributed by atoms with van der Waals surface area (Å²) >= 11 is 0. The Morgan fingerprint density at radius 3 is 3.00 bits per heavy atom. The van der Waals surface area contributed by atoms with Gasteiger partial charge in [-0.05, 0) is 19.7 Å². The summed E-state index contributed by atoms with van der Waals surface area (Å²) in [5.74, 6) is 1.05. The van der Waals surface area contributed by atoms with Crippen molar-refractivity contribution in [2.75, 3.05) is 20.2 Å². The van der Waals surface area contributed by atoms with Gasteiger partial charge in [-0.1, -0.05) is 25.1 Å². The molecule has 1 atom stereocenters. The van der Waals surface area contributed by atoms with E-state index in [0.29, 0.717) is 6.04 Å². The third-order valence-electron chi connectivity index (χ3n) is 2.71. The van der Waals surface area contributed by atoms with Crippen molar-refractivity contribution < 1.29 is 4.74 Å². The van der Waals surface area contributed by atoms with Crippen molar-refractivity contribution in [3.8, 4) is 5.75 Å². The lowest BCUT2D eigenvalue weighted by Gasteiger charge is -2.20. The molecule has 1 unspecified atom stereocenters. The van der Waals surface area contributed by atoms with Crippen molar-refractivity contribution in [3.63, 3.8) is 0 Å². The van der Waals surface area contributed by atoms with Crippen LogP contribution >= 0.6 is 0 Å². The fourth-order valence-electron chi connectivity index (χ4n) is 1.73. The molecule has 0 radical (unpaired) electrons. The summed E-state index contributed by atoms with van der Waals surface area (Å²) in [6.45, 7) is 4.02. The molecule has 2 heteroatoms. The van der Waals surface area contributed by atoms with E-state index in [9.17, 15) is 0 Å². The van der Waals surface area contributed by atoms with Gasteiger partial charge in [0.05, 0.1) is 6.04 Å². The van der Waals surface area contributed by atoms with Crippen LogP contribution in [0.25, 0.3) is 0 Å². The first-order valence-electron chi connectivity index (χ1n) is 4.75. The number of hydrogen-bond acceptors (Lipinski definition) is 2. The Hall–Kier alpha value is -1.02. The number of likely N-dealkylation sites (N-methyl/N-ethyl adjacent to an activating group) is 1. The van der Waals surface area contributed by atoms with Gasteiger partial charge < -0.3 is 4.74 Å². The Bertz CT molecular complexity index is 298. The molecule has 1 aliphatic heterocycles. The molecule has 1 aromatic rings. The summed E-state index contributed by atoms with van der Waals surface area (Å²) in [6, 6.07) is 8.73. The summed E-state index contributed by atoms with van der Waals surface area (Å²) in [6.07, 6.45) is 0. The van der Waals surface area contributed by atoms with Crippen LogP contribution < -0.4 is 4.74 Å². The van der Waals surface area contributed by atoms with Gasteiger partial charge in [0.1, 0.15) is 12.4 Å². The second kappa shape index (κ2) is 3.38. The molecule has 0 bridgehead atoms. The van der Waals surface area contributed by atoms with Crippen LogP contribution in [0.2, 0.25) is 0 Å². The smallest absolute Gasteiger partial charge is 0.124 e.